The van der Waals surface area contributed by atoms with Gasteiger partial charge in [0.05, 0.1) is 6.61 Å². The maximum Gasteiger partial charge on any atom is 0.203 e. The van der Waals surface area contributed by atoms with E-state index in [2.05, 4.69) is 0 Å². The minimum Gasteiger partial charge on any atom is -0.453 e. The zero-order valence-corrected chi connectivity index (χ0v) is 10.4. The fraction of sp³-hybridized carbons (Fsp3) is 0.400. The van der Waals surface area contributed by atoms with Crippen LogP contribution in [0.1, 0.15) is 29.0 Å². The molecule has 1 fully saturated rings. The molecule has 1 aromatic carbocycles. The summed E-state index contributed by atoms with van der Waals surface area (Å²) in [6.45, 7) is 3.28. The summed E-state index contributed by atoms with van der Waals surface area (Å²) < 4.78 is 11.1. The van der Waals surface area contributed by atoms with Crippen LogP contribution in [-0.4, -0.2) is 19.0 Å². The molecule has 0 bridgehead atoms. The Balaban J connectivity index is 1.94. The summed E-state index contributed by atoms with van der Waals surface area (Å²) in [5.74, 6) is 0.500. The molecule has 3 nitrogen and oxygen atoms in total. The number of benzene rings is 1. The Morgan fingerprint density at radius 2 is 2.28 bits per heavy atom. The van der Waals surface area contributed by atoms with Crippen molar-refractivity contribution in [2.24, 2.45) is 5.92 Å². The first kappa shape index (κ1) is 11.5. The molecular weight excluding hydrogens is 228 g/mol. The Labute approximate surface area is 106 Å². The number of carbonyl (C=O) groups excluding carboxylic acids is 1. The van der Waals surface area contributed by atoms with E-state index in [0.717, 1.165) is 36.0 Å². The van der Waals surface area contributed by atoms with Crippen LogP contribution in [-0.2, 0) is 4.74 Å². The monoisotopic (exact) mass is 244 g/mol. The summed E-state index contributed by atoms with van der Waals surface area (Å²) in [5.41, 5.74) is 1.88. The molecule has 0 amide bonds. The summed E-state index contributed by atoms with van der Waals surface area (Å²) in [6, 6.07) is 7.79. The van der Waals surface area contributed by atoms with Crippen molar-refractivity contribution in [1.29, 1.82) is 0 Å². The SMILES string of the molecule is Cc1cccc2cc(C(=O)C3CCCOC3)oc12. The van der Waals surface area contributed by atoms with E-state index in [1.54, 1.807) is 0 Å². The highest BCUT2D eigenvalue weighted by molar-refractivity contribution is 5.99. The van der Waals surface area contributed by atoms with Gasteiger partial charge >= 0.3 is 0 Å². The first-order valence-corrected chi connectivity index (χ1v) is 6.37. The molecule has 0 radical (unpaired) electrons. The fourth-order valence-corrected chi connectivity index (χ4v) is 2.48. The summed E-state index contributed by atoms with van der Waals surface area (Å²) in [7, 11) is 0. The molecule has 1 saturated heterocycles. The van der Waals surface area contributed by atoms with Crippen molar-refractivity contribution < 1.29 is 13.9 Å². The molecule has 94 valence electrons. The van der Waals surface area contributed by atoms with Gasteiger partial charge in [0.1, 0.15) is 5.58 Å². The maximum atomic E-state index is 12.3. The number of ketones is 1. The van der Waals surface area contributed by atoms with Gasteiger partial charge in [0.15, 0.2) is 5.76 Å². The average molecular weight is 244 g/mol. The summed E-state index contributed by atoms with van der Waals surface area (Å²) in [4.78, 5) is 12.3. The van der Waals surface area contributed by atoms with Gasteiger partial charge in [-0.3, -0.25) is 4.79 Å². The molecule has 0 aliphatic carbocycles. The van der Waals surface area contributed by atoms with Crippen LogP contribution in [0.3, 0.4) is 0 Å². The molecule has 2 heterocycles. The lowest BCUT2D eigenvalue weighted by Crippen LogP contribution is -2.24. The Hall–Kier alpha value is -1.61. The lowest BCUT2D eigenvalue weighted by atomic mass is 9.96. The minimum absolute atomic E-state index is 0.0420. The zero-order chi connectivity index (χ0) is 12.5. The number of hydrogen-bond acceptors (Lipinski definition) is 3. The molecule has 1 aromatic heterocycles. The zero-order valence-electron chi connectivity index (χ0n) is 10.4. The number of aryl methyl sites for hydroxylation is 1. The lowest BCUT2D eigenvalue weighted by Gasteiger charge is -2.19. The largest absolute Gasteiger partial charge is 0.453 e. The predicted octanol–water partition coefficient (Wildman–Crippen LogP) is 3.35. The van der Waals surface area contributed by atoms with Gasteiger partial charge in [-0.1, -0.05) is 18.2 Å². The number of furan rings is 1. The highest BCUT2D eigenvalue weighted by Gasteiger charge is 2.25. The number of hydrogen-bond donors (Lipinski definition) is 0. The maximum absolute atomic E-state index is 12.3. The molecule has 3 heteroatoms. The molecule has 1 aliphatic rings. The van der Waals surface area contributed by atoms with Crippen LogP contribution in [0.25, 0.3) is 11.0 Å². The van der Waals surface area contributed by atoms with Crippen LogP contribution in [0.5, 0.6) is 0 Å². The summed E-state index contributed by atoms with van der Waals surface area (Å²) >= 11 is 0. The average Bonchev–Trinajstić information content (AvgIpc) is 2.84. The van der Waals surface area contributed by atoms with E-state index in [-0.39, 0.29) is 11.7 Å². The Bertz CT molecular complexity index is 576. The number of fused-ring (bicyclic) bond motifs is 1. The molecule has 1 aliphatic heterocycles. The second kappa shape index (κ2) is 4.58. The fourth-order valence-electron chi connectivity index (χ4n) is 2.48. The highest BCUT2D eigenvalue weighted by atomic mass is 16.5. The molecule has 3 rings (SSSR count). The van der Waals surface area contributed by atoms with Gasteiger partial charge in [0.2, 0.25) is 5.78 Å². The predicted molar refractivity (Wildman–Crippen MR) is 68.8 cm³/mol. The van der Waals surface area contributed by atoms with Crippen molar-refractivity contribution in [1.82, 2.24) is 0 Å². The summed E-state index contributed by atoms with van der Waals surface area (Å²) in [5, 5.41) is 0.995. The first-order valence-electron chi connectivity index (χ1n) is 6.37. The molecule has 0 spiro atoms. The Morgan fingerprint density at radius 1 is 1.39 bits per heavy atom. The van der Waals surface area contributed by atoms with Gasteiger partial charge in [-0.05, 0) is 31.4 Å². The first-order chi connectivity index (χ1) is 8.75. The van der Waals surface area contributed by atoms with Gasteiger partial charge in [-0.25, -0.2) is 0 Å². The van der Waals surface area contributed by atoms with E-state index in [9.17, 15) is 4.79 Å². The summed E-state index contributed by atoms with van der Waals surface area (Å²) in [6.07, 6.45) is 1.85. The van der Waals surface area contributed by atoms with Crippen LogP contribution in [0.2, 0.25) is 0 Å². The van der Waals surface area contributed by atoms with Crippen LogP contribution >= 0.6 is 0 Å². The van der Waals surface area contributed by atoms with Gasteiger partial charge in [-0.15, -0.1) is 0 Å². The van der Waals surface area contributed by atoms with E-state index >= 15 is 0 Å². The number of para-hydroxylation sites is 1. The van der Waals surface area contributed by atoms with Crippen molar-refractivity contribution in [2.45, 2.75) is 19.8 Å². The van der Waals surface area contributed by atoms with E-state index in [0.29, 0.717) is 12.4 Å². The van der Waals surface area contributed by atoms with E-state index < -0.39 is 0 Å². The number of rotatable bonds is 2. The second-order valence-electron chi connectivity index (χ2n) is 4.88. The minimum atomic E-state index is -0.0420. The van der Waals surface area contributed by atoms with Crippen LogP contribution < -0.4 is 0 Å². The standard InChI is InChI=1S/C15H16O3/c1-10-4-2-5-11-8-13(18-15(10)11)14(16)12-6-3-7-17-9-12/h2,4-5,8,12H,3,6-7,9H2,1H3. The highest BCUT2D eigenvalue weighted by Crippen LogP contribution is 2.26. The van der Waals surface area contributed by atoms with Crippen LogP contribution in [0.15, 0.2) is 28.7 Å². The molecule has 1 unspecified atom stereocenters. The van der Waals surface area contributed by atoms with Crippen molar-refractivity contribution in [3.8, 4) is 0 Å². The Morgan fingerprint density at radius 3 is 3.00 bits per heavy atom. The van der Waals surface area contributed by atoms with Crippen LogP contribution in [0, 0.1) is 12.8 Å². The molecule has 18 heavy (non-hydrogen) atoms. The van der Waals surface area contributed by atoms with Gasteiger partial charge in [0, 0.05) is 17.9 Å². The normalized spacial score (nSPS) is 20.2. The third-order valence-corrected chi connectivity index (χ3v) is 3.51. The van der Waals surface area contributed by atoms with Crippen molar-refractivity contribution >= 4 is 16.8 Å². The lowest BCUT2D eigenvalue weighted by molar-refractivity contribution is 0.0445. The van der Waals surface area contributed by atoms with Gasteiger partial charge < -0.3 is 9.15 Å². The van der Waals surface area contributed by atoms with Crippen molar-refractivity contribution in [2.75, 3.05) is 13.2 Å². The topological polar surface area (TPSA) is 39.4 Å². The second-order valence-corrected chi connectivity index (χ2v) is 4.88. The molecule has 0 saturated carbocycles. The van der Waals surface area contributed by atoms with E-state index in [1.807, 2.05) is 31.2 Å². The molecular formula is C15H16O3. The van der Waals surface area contributed by atoms with E-state index in [4.69, 9.17) is 9.15 Å². The molecule has 0 N–H and O–H groups in total. The number of Topliss-reactive ketones (excluding diaryl/α,β-unsaturated/α-hetero) is 1. The number of carbonyl (C=O) groups is 1. The third kappa shape index (κ3) is 1.95. The third-order valence-electron chi connectivity index (χ3n) is 3.51. The van der Waals surface area contributed by atoms with Gasteiger partial charge in [-0.2, -0.15) is 0 Å². The molecule has 2 aromatic rings. The number of ether oxygens (including phenoxy) is 1. The Kier molecular flexibility index (Phi) is 2.92. The quantitative estimate of drug-likeness (QED) is 0.760. The van der Waals surface area contributed by atoms with Crippen molar-refractivity contribution in [3.05, 3.63) is 35.6 Å². The molecule has 1 atom stereocenters. The van der Waals surface area contributed by atoms with Crippen molar-refractivity contribution in [3.63, 3.8) is 0 Å². The van der Waals surface area contributed by atoms with E-state index in [1.165, 1.54) is 0 Å². The van der Waals surface area contributed by atoms with Crippen LogP contribution in [0.4, 0.5) is 0 Å². The van der Waals surface area contributed by atoms with Gasteiger partial charge in [0.25, 0.3) is 0 Å². The smallest absolute Gasteiger partial charge is 0.203 e.